The second-order valence-corrected chi connectivity index (χ2v) is 10.6. The highest BCUT2D eigenvalue weighted by molar-refractivity contribution is 7.17. The van der Waals surface area contributed by atoms with E-state index in [1.807, 2.05) is 55.8 Å². The van der Waals surface area contributed by atoms with E-state index < -0.39 is 5.91 Å². The number of aromatic nitrogens is 2. The first-order chi connectivity index (χ1) is 18.9. The molecule has 0 saturated carbocycles. The van der Waals surface area contributed by atoms with Crippen LogP contribution in [0, 0.1) is 31.1 Å². The molecule has 0 aliphatic carbocycles. The molecule has 1 fully saturated rings. The molecule has 9 nitrogen and oxygen atoms in total. The van der Waals surface area contributed by atoms with Gasteiger partial charge in [-0.3, -0.25) is 9.69 Å². The van der Waals surface area contributed by atoms with Crippen LogP contribution in [0.1, 0.15) is 45.5 Å². The number of ether oxygens (including phenoxy) is 1. The predicted molar refractivity (Wildman–Crippen MR) is 153 cm³/mol. The fourth-order valence-corrected chi connectivity index (χ4v) is 5.48. The summed E-state index contributed by atoms with van der Waals surface area (Å²) in [7, 11) is 0. The number of carbonyl (C=O) groups excluding carboxylic acids is 1. The predicted octanol–water partition coefficient (Wildman–Crippen LogP) is 5.38. The van der Waals surface area contributed by atoms with Crippen LogP contribution in [-0.4, -0.2) is 40.1 Å². The smallest absolute Gasteiger partial charge is 0.248 e. The van der Waals surface area contributed by atoms with Gasteiger partial charge in [0.2, 0.25) is 17.7 Å². The number of carbonyl (C=O) groups is 1. The first kappa shape index (κ1) is 26.3. The number of hydrogen-bond acceptors (Lipinski definition) is 9. The topological polar surface area (TPSA) is 130 Å². The number of rotatable bonds is 8. The Labute approximate surface area is 230 Å². The molecule has 4 aromatic rings. The molecule has 0 radical (unpaired) electrons. The van der Waals surface area contributed by atoms with Gasteiger partial charge in [0, 0.05) is 18.3 Å². The highest BCUT2D eigenvalue weighted by Gasteiger charge is 2.19. The number of nitrogens with two attached hydrogens (primary N) is 1. The van der Waals surface area contributed by atoms with E-state index >= 15 is 0 Å². The molecule has 0 spiro atoms. The Bertz CT molecular complexity index is 1540. The molecule has 3 heterocycles. The van der Waals surface area contributed by atoms with Crippen LogP contribution in [0.2, 0.25) is 0 Å². The average Bonchev–Trinajstić information content (AvgIpc) is 3.41. The van der Waals surface area contributed by atoms with Crippen LogP contribution in [0.5, 0.6) is 11.6 Å². The third kappa shape index (κ3) is 6.22. The number of benzene rings is 2. The molecule has 1 aliphatic heterocycles. The van der Waals surface area contributed by atoms with E-state index in [9.17, 15) is 10.1 Å². The van der Waals surface area contributed by atoms with Crippen molar-refractivity contribution in [1.29, 1.82) is 5.26 Å². The number of fused-ring (bicyclic) bond motifs is 1. The summed E-state index contributed by atoms with van der Waals surface area (Å²) in [5.74, 6) is 1.47. The van der Waals surface area contributed by atoms with Crippen molar-refractivity contribution in [2.24, 2.45) is 16.8 Å². The number of nitrogens with zero attached hydrogens (tertiary/aromatic N) is 5. The quantitative estimate of drug-likeness (QED) is 0.227. The molecular formula is C29H29N7O2S. The van der Waals surface area contributed by atoms with E-state index in [0.29, 0.717) is 34.6 Å². The molecule has 1 saturated heterocycles. The molecule has 3 N–H and O–H groups in total. The lowest BCUT2D eigenvalue weighted by Gasteiger charge is -2.30. The van der Waals surface area contributed by atoms with Gasteiger partial charge in [-0.2, -0.15) is 15.3 Å². The van der Waals surface area contributed by atoms with Crippen molar-refractivity contribution in [3.63, 3.8) is 0 Å². The zero-order valence-corrected chi connectivity index (χ0v) is 22.7. The first-order valence-electron chi connectivity index (χ1n) is 12.7. The van der Waals surface area contributed by atoms with Gasteiger partial charge in [0.15, 0.2) is 0 Å². The second-order valence-electron chi connectivity index (χ2n) is 9.71. The van der Waals surface area contributed by atoms with Gasteiger partial charge in [0.1, 0.15) is 10.4 Å². The van der Waals surface area contributed by atoms with Crippen LogP contribution in [0.25, 0.3) is 10.2 Å². The van der Waals surface area contributed by atoms with Gasteiger partial charge in [-0.25, -0.2) is 10.4 Å². The van der Waals surface area contributed by atoms with Gasteiger partial charge in [0.25, 0.3) is 0 Å². The van der Waals surface area contributed by atoms with Crippen molar-refractivity contribution in [2.75, 3.05) is 18.5 Å². The number of piperidine rings is 1. The van der Waals surface area contributed by atoms with Crippen molar-refractivity contribution >= 4 is 39.6 Å². The summed E-state index contributed by atoms with van der Waals surface area (Å²) in [6, 6.07) is 15.2. The Kier molecular flexibility index (Phi) is 7.81. The Morgan fingerprint density at radius 2 is 1.92 bits per heavy atom. The third-order valence-electron chi connectivity index (χ3n) is 6.79. The SMILES string of the molecule is Cc1cc(C#N)cc(C)c1Oc1nc(N/N=C/C2CCN(Cc3ccc(C(N)=O)cc3)CC2)nc2ccsc12. The molecule has 198 valence electrons. The van der Waals surface area contributed by atoms with Crippen molar-refractivity contribution in [1.82, 2.24) is 14.9 Å². The molecule has 39 heavy (non-hydrogen) atoms. The lowest BCUT2D eigenvalue weighted by atomic mass is 9.98. The Balaban J connectivity index is 1.20. The normalized spacial score (nSPS) is 14.5. The molecule has 5 rings (SSSR count). The summed E-state index contributed by atoms with van der Waals surface area (Å²) in [6.07, 6.45) is 3.94. The van der Waals surface area contributed by atoms with E-state index in [2.05, 4.69) is 31.5 Å². The molecule has 2 aromatic heterocycles. The number of nitrogens with one attached hydrogen (secondary N) is 1. The minimum Gasteiger partial charge on any atom is -0.437 e. The molecule has 0 unspecified atom stereocenters. The summed E-state index contributed by atoms with van der Waals surface area (Å²) in [4.78, 5) is 22.9. The van der Waals surface area contributed by atoms with Crippen LogP contribution in [-0.2, 0) is 6.54 Å². The number of thiophene rings is 1. The number of anilines is 1. The molecule has 10 heteroatoms. The zero-order valence-electron chi connectivity index (χ0n) is 21.8. The largest absolute Gasteiger partial charge is 0.437 e. The molecule has 0 atom stereocenters. The lowest BCUT2D eigenvalue weighted by molar-refractivity contribution is 0.1000. The fourth-order valence-electron chi connectivity index (χ4n) is 4.72. The van der Waals surface area contributed by atoms with E-state index in [0.717, 1.165) is 53.8 Å². The minimum atomic E-state index is -0.406. The van der Waals surface area contributed by atoms with Gasteiger partial charge in [-0.15, -0.1) is 11.3 Å². The number of hydrazone groups is 1. The van der Waals surface area contributed by atoms with Crippen LogP contribution in [0.3, 0.4) is 0 Å². The van der Waals surface area contributed by atoms with Crippen molar-refractivity contribution in [3.05, 3.63) is 75.7 Å². The number of nitriles is 1. The van der Waals surface area contributed by atoms with Crippen molar-refractivity contribution in [2.45, 2.75) is 33.2 Å². The molecule has 2 aromatic carbocycles. The maximum absolute atomic E-state index is 11.3. The summed E-state index contributed by atoms with van der Waals surface area (Å²) in [5.41, 5.74) is 13.1. The number of likely N-dealkylation sites (tertiary alicyclic amines) is 1. The Hall–Kier alpha value is -4.33. The third-order valence-corrected chi connectivity index (χ3v) is 7.68. The van der Waals surface area contributed by atoms with E-state index in [-0.39, 0.29) is 0 Å². The molecule has 1 aliphatic rings. The van der Waals surface area contributed by atoms with Gasteiger partial charge in [-0.1, -0.05) is 12.1 Å². The van der Waals surface area contributed by atoms with Crippen molar-refractivity contribution < 1.29 is 9.53 Å². The first-order valence-corrected chi connectivity index (χ1v) is 13.6. The van der Waals surface area contributed by atoms with E-state index in [4.69, 9.17) is 10.5 Å². The fraction of sp³-hybridized carbons (Fsp3) is 0.276. The number of amides is 1. The summed E-state index contributed by atoms with van der Waals surface area (Å²) in [5, 5.41) is 15.6. The molecule has 0 bridgehead atoms. The summed E-state index contributed by atoms with van der Waals surface area (Å²) >= 11 is 1.52. The van der Waals surface area contributed by atoms with Crippen LogP contribution < -0.4 is 15.9 Å². The zero-order chi connectivity index (χ0) is 27.4. The highest BCUT2D eigenvalue weighted by atomic mass is 32.1. The van der Waals surface area contributed by atoms with Crippen LogP contribution in [0.4, 0.5) is 5.95 Å². The molecule has 1 amide bonds. The van der Waals surface area contributed by atoms with Crippen LogP contribution in [0.15, 0.2) is 52.9 Å². The summed E-state index contributed by atoms with van der Waals surface area (Å²) < 4.78 is 7.11. The number of hydrogen-bond donors (Lipinski definition) is 2. The van der Waals surface area contributed by atoms with Gasteiger partial charge >= 0.3 is 0 Å². The average molecular weight is 540 g/mol. The van der Waals surface area contributed by atoms with Gasteiger partial charge < -0.3 is 10.5 Å². The maximum Gasteiger partial charge on any atom is 0.248 e. The van der Waals surface area contributed by atoms with E-state index in [1.54, 1.807) is 12.1 Å². The molecular weight excluding hydrogens is 510 g/mol. The highest BCUT2D eigenvalue weighted by Crippen LogP contribution is 2.35. The Morgan fingerprint density at radius 3 is 2.59 bits per heavy atom. The minimum absolute atomic E-state index is 0.357. The lowest BCUT2D eigenvalue weighted by Crippen LogP contribution is -2.33. The van der Waals surface area contributed by atoms with Gasteiger partial charge in [0.05, 0.1) is 17.1 Å². The monoisotopic (exact) mass is 539 g/mol. The van der Waals surface area contributed by atoms with Crippen molar-refractivity contribution in [3.8, 4) is 17.7 Å². The standard InChI is InChI=1S/C29H29N7O2S/c1-18-13-22(15-30)14-19(2)25(18)38-28-26-24(9-12-39-26)33-29(34-28)35-32-16-20-7-10-36(11-8-20)17-21-3-5-23(6-4-21)27(31)37/h3-6,9,12-14,16,20H,7-8,10-11,17H2,1-2H3,(H2,31,37)(H,33,34,35)/b32-16+. The van der Waals surface area contributed by atoms with E-state index in [1.165, 1.54) is 16.9 Å². The maximum atomic E-state index is 11.3. The van der Waals surface area contributed by atoms with Crippen LogP contribution >= 0.6 is 11.3 Å². The number of aryl methyl sites for hydroxylation is 2. The van der Waals surface area contributed by atoms with Gasteiger partial charge in [-0.05, 0) is 98.1 Å². The second kappa shape index (κ2) is 11.6. The Morgan fingerprint density at radius 1 is 1.21 bits per heavy atom. The summed E-state index contributed by atoms with van der Waals surface area (Å²) in [6.45, 7) is 6.62. The number of primary amides is 1.